The van der Waals surface area contributed by atoms with Crippen LogP contribution in [0.4, 0.5) is 8.78 Å². The van der Waals surface area contributed by atoms with Crippen molar-refractivity contribution >= 4 is 16.8 Å². The lowest BCUT2D eigenvalue weighted by atomic mass is 10.1. The van der Waals surface area contributed by atoms with E-state index in [0.29, 0.717) is 11.9 Å². The fourth-order valence-electron chi connectivity index (χ4n) is 2.59. The second-order valence-corrected chi connectivity index (χ2v) is 5.60. The summed E-state index contributed by atoms with van der Waals surface area (Å²) in [5, 5.41) is 6.65. The molecule has 1 aromatic heterocycles. The SMILES string of the molecule is Cn1nc(C(=O)NCCc2cccc(F)c2)c(=O)c2cc(F)ccc21. The first kappa shape index (κ1) is 16.8. The summed E-state index contributed by atoms with van der Waals surface area (Å²) in [6, 6.07) is 9.79. The van der Waals surface area contributed by atoms with E-state index < -0.39 is 17.2 Å². The van der Waals surface area contributed by atoms with E-state index in [1.54, 1.807) is 19.2 Å². The van der Waals surface area contributed by atoms with Crippen LogP contribution in [0.15, 0.2) is 47.3 Å². The first-order valence-electron chi connectivity index (χ1n) is 7.65. The summed E-state index contributed by atoms with van der Waals surface area (Å²) in [5.74, 6) is -1.56. The summed E-state index contributed by atoms with van der Waals surface area (Å²) in [7, 11) is 1.57. The maximum absolute atomic E-state index is 13.4. The summed E-state index contributed by atoms with van der Waals surface area (Å²) in [5.41, 5.74) is 0.222. The van der Waals surface area contributed by atoms with Crippen LogP contribution < -0.4 is 10.7 Å². The van der Waals surface area contributed by atoms with Crippen LogP contribution in [0.25, 0.3) is 10.9 Å². The molecular formula is C18H15F2N3O2. The van der Waals surface area contributed by atoms with Crippen molar-refractivity contribution < 1.29 is 13.6 Å². The Bertz CT molecular complexity index is 1010. The van der Waals surface area contributed by atoms with Gasteiger partial charge >= 0.3 is 0 Å². The van der Waals surface area contributed by atoms with Gasteiger partial charge in [-0.15, -0.1) is 0 Å². The van der Waals surface area contributed by atoms with E-state index in [9.17, 15) is 18.4 Å². The molecule has 0 radical (unpaired) electrons. The molecule has 3 aromatic rings. The number of halogens is 2. The molecule has 0 aliphatic rings. The van der Waals surface area contributed by atoms with E-state index in [-0.39, 0.29) is 23.4 Å². The molecule has 1 N–H and O–H groups in total. The highest BCUT2D eigenvalue weighted by Gasteiger charge is 2.16. The quantitative estimate of drug-likeness (QED) is 0.790. The van der Waals surface area contributed by atoms with Crippen LogP contribution in [0.3, 0.4) is 0 Å². The smallest absolute Gasteiger partial charge is 0.275 e. The van der Waals surface area contributed by atoms with Gasteiger partial charge in [-0.05, 0) is 42.3 Å². The standard InChI is InChI=1S/C18H15F2N3O2/c1-23-15-6-5-13(20)10-14(15)17(24)16(22-23)18(25)21-8-7-11-3-2-4-12(19)9-11/h2-6,9-10H,7-8H2,1H3,(H,21,25). The zero-order valence-corrected chi connectivity index (χ0v) is 13.4. The van der Waals surface area contributed by atoms with Gasteiger partial charge < -0.3 is 5.32 Å². The fraction of sp³-hybridized carbons (Fsp3) is 0.167. The minimum absolute atomic E-state index is 0.0905. The van der Waals surface area contributed by atoms with E-state index in [1.165, 1.54) is 28.9 Å². The van der Waals surface area contributed by atoms with E-state index in [2.05, 4.69) is 10.4 Å². The van der Waals surface area contributed by atoms with Gasteiger partial charge in [-0.2, -0.15) is 5.10 Å². The van der Waals surface area contributed by atoms with Gasteiger partial charge in [0.05, 0.1) is 10.9 Å². The van der Waals surface area contributed by atoms with Gasteiger partial charge in [0.1, 0.15) is 11.6 Å². The van der Waals surface area contributed by atoms with Crippen molar-refractivity contribution in [2.24, 2.45) is 7.05 Å². The topological polar surface area (TPSA) is 64.0 Å². The lowest BCUT2D eigenvalue weighted by Crippen LogP contribution is -2.33. The second kappa shape index (κ2) is 6.80. The Morgan fingerprint density at radius 1 is 1.16 bits per heavy atom. The molecule has 2 aromatic carbocycles. The summed E-state index contributed by atoms with van der Waals surface area (Å²) >= 11 is 0. The highest BCUT2D eigenvalue weighted by Crippen LogP contribution is 2.11. The van der Waals surface area contributed by atoms with Gasteiger partial charge in [-0.25, -0.2) is 8.78 Å². The van der Waals surface area contributed by atoms with E-state index in [1.807, 2.05) is 0 Å². The molecule has 0 bridgehead atoms. The first-order valence-corrected chi connectivity index (χ1v) is 7.65. The molecule has 0 unspecified atom stereocenters. The molecule has 25 heavy (non-hydrogen) atoms. The van der Waals surface area contributed by atoms with Crippen molar-refractivity contribution in [1.82, 2.24) is 15.1 Å². The number of amides is 1. The molecule has 0 fully saturated rings. The molecule has 0 saturated heterocycles. The van der Waals surface area contributed by atoms with Gasteiger partial charge in [0.25, 0.3) is 5.91 Å². The van der Waals surface area contributed by atoms with E-state index >= 15 is 0 Å². The predicted molar refractivity (Wildman–Crippen MR) is 89.4 cm³/mol. The van der Waals surface area contributed by atoms with Gasteiger partial charge in [-0.1, -0.05) is 12.1 Å². The molecule has 0 aliphatic heterocycles. The molecule has 1 amide bonds. The van der Waals surface area contributed by atoms with Crippen LogP contribution in [-0.2, 0) is 13.5 Å². The number of carbonyl (C=O) groups excluding carboxylic acids is 1. The maximum atomic E-state index is 13.4. The van der Waals surface area contributed by atoms with Crippen LogP contribution in [0, 0.1) is 11.6 Å². The van der Waals surface area contributed by atoms with Crippen molar-refractivity contribution in [3.63, 3.8) is 0 Å². The molecule has 0 saturated carbocycles. The van der Waals surface area contributed by atoms with Crippen LogP contribution >= 0.6 is 0 Å². The molecular weight excluding hydrogens is 328 g/mol. The molecule has 0 atom stereocenters. The van der Waals surface area contributed by atoms with Crippen LogP contribution in [-0.4, -0.2) is 22.2 Å². The molecule has 1 heterocycles. The highest BCUT2D eigenvalue weighted by atomic mass is 19.1. The Morgan fingerprint density at radius 2 is 1.92 bits per heavy atom. The third kappa shape index (κ3) is 3.55. The number of carbonyl (C=O) groups is 1. The molecule has 3 rings (SSSR count). The van der Waals surface area contributed by atoms with Crippen molar-refractivity contribution in [3.8, 4) is 0 Å². The first-order chi connectivity index (χ1) is 12.0. The van der Waals surface area contributed by atoms with E-state index in [0.717, 1.165) is 11.6 Å². The van der Waals surface area contributed by atoms with Crippen molar-refractivity contribution in [2.45, 2.75) is 6.42 Å². The molecule has 0 aliphatic carbocycles. The Hall–Kier alpha value is -3.09. The Morgan fingerprint density at radius 3 is 2.68 bits per heavy atom. The number of hydrogen-bond donors (Lipinski definition) is 1. The number of hydrogen-bond acceptors (Lipinski definition) is 3. The lowest BCUT2D eigenvalue weighted by Gasteiger charge is -2.08. The zero-order valence-electron chi connectivity index (χ0n) is 13.4. The van der Waals surface area contributed by atoms with Gasteiger partial charge in [0.2, 0.25) is 5.43 Å². The summed E-state index contributed by atoms with van der Waals surface area (Å²) in [6.45, 7) is 0.217. The maximum Gasteiger partial charge on any atom is 0.275 e. The second-order valence-electron chi connectivity index (χ2n) is 5.60. The zero-order chi connectivity index (χ0) is 18.0. The minimum atomic E-state index is -0.650. The summed E-state index contributed by atoms with van der Waals surface area (Å²) < 4.78 is 27.9. The summed E-state index contributed by atoms with van der Waals surface area (Å²) in [6.07, 6.45) is 0.409. The van der Waals surface area contributed by atoms with Crippen LogP contribution in [0.5, 0.6) is 0 Å². The number of benzene rings is 2. The number of nitrogens with one attached hydrogen (secondary N) is 1. The number of nitrogens with zero attached hydrogens (tertiary/aromatic N) is 2. The Kier molecular flexibility index (Phi) is 4.56. The number of aromatic nitrogens is 2. The third-order valence-electron chi connectivity index (χ3n) is 3.82. The van der Waals surface area contributed by atoms with Crippen LogP contribution in [0.2, 0.25) is 0 Å². The van der Waals surface area contributed by atoms with Crippen molar-refractivity contribution in [3.05, 3.63) is 75.6 Å². The highest BCUT2D eigenvalue weighted by molar-refractivity contribution is 5.95. The van der Waals surface area contributed by atoms with Gasteiger partial charge in [0.15, 0.2) is 5.69 Å². The van der Waals surface area contributed by atoms with Crippen molar-refractivity contribution in [2.75, 3.05) is 6.54 Å². The summed E-state index contributed by atoms with van der Waals surface area (Å²) in [4.78, 5) is 24.6. The molecule has 128 valence electrons. The lowest BCUT2D eigenvalue weighted by molar-refractivity contribution is 0.0946. The molecule has 5 nitrogen and oxygen atoms in total. The van der Waals surface area contributed by atoms with E-state index in [4.69, 9.17) is 0 Å². The van der Waals surface area contributed by atoms with Crippen LogP contribution in [0.1, 0.15) is 16.1 Å². The average Bonchev–Trinajstić information content (AvgIpc) is 2.58. The number of fused-ring (bicyclic) bond motifs is 1. The number of rotatable bonds is 4. The average molecular weight is 343 g/mol. The molecule has 0 spiro atoms. The monoisotopic (exact) mass is 343 g/mol. The number of aryl methyl sites for hydroxylation is 1. The van der Waals surface area contributed by atoms with Crippen molar-refractivity contribution in [1.29, 1.82) is 0 Å². The third-order valence-corrected chi connectivity index (χ3v) is 3.82. The predicted octanol–water partition coefficient (Wildman–Crippen LogP) is 2.18. The fourth-order valence-corrected chi connectivity index (χ4v) is 2.59. The van der Waals surface area contributed by atoms with Gasteiger partial charge in [-0.3, -0.25) is 14.3 Å². The minimum Gasteiger partial charge on any atom is -0.350 e. The largest absolute Gasteiger partial charge is 0.350 e. The van der Waals surface area contributed by atoms with Gasteiger partial charge in [0, 0.05) is 13.6 Å². The normalized spacial score (nSPS) is 10.8. The Labute approximate surface area is 141 Å². The molecule has 7 heteroatoms. The Balaban J connectivity index is 1.80.